The third-order valence-electron chi connectivity index (χ3n) is 4.12. The topological polar surface area (TPSA) is 83.6 Å². The van der Waals surface area contributed by atoms with E-state index in [1.165, 1.54) is 15.6 Å². The number of hydrogen-bond acceptors (Lipinski definition) is 5. The van der Waals surface area contributed by atoms with E-state index in [0.717, 1.165) is 5.56 Å². The van der Waals surface area contributed by atoms with Crippen molar-refractivity contribution >= 4 is 31.4 Å². The third kappa shape index (κ3) is 4.68. The molecule has 6 nitrogen and oxygen atoms in total. The maximum Gasteiger partial charge on any atom is 0.250 e. The molecule has 1 aliphatic heterocycles. The lowest BCUT2D eigenvalue weighted by Crippen LogP contribution is -2.46. The van der Waals surface area contributed by atoms with Crippen LogP contribution in [0.2, 0.25) is 0 Å². The maximum atomic E-state index is 12.5. The van der Waals surface area contributed by atoms with Crippen LogP contribution in [-0.2, 0) is 25.8 Å². The van der Waals surface area contributed by atoms with E-state index in [0.29, 0.717) is 25.9 Å². The minimum atomic E-state index is -3.52. The van der Waals surface area contributed by atoms with Gasteiger partial charge in [-0.15, -0.1) is 11.3 Å². The first-order chi connectivity index (χ1) is 11.9. The van der Waals surface area contributed by atoms with Gasteiger partial charge < -0.3 is 0 Å². The Morgan fingerprint density at radius 1 is 1.00 bits per heavy atom. The molecule has 1 aliphatic rings. The van der Waals surface area contributed by atoms with E-state index in [9.17, 15) is 16.8 Å². The van der Waals surface area contributed by atoms with Crippen molar-refractivity contribution in [1.82, 2.24) is 9.03 Å². The van der Waals surface area contributed by atoms with Gasteiger partial charge in [-0.1, -0.05) is 36.4 Å². The second-order valence-corrected chi connectivity index (χ2v) is 10.8. The Hall–Kier alpha value is -1.26. The number of rotatable bonds is 6. The zero-order valence-corrected chi connectivity index (χ0v) is 16.0. The Morgan fingerprint density at radius 2 is 1.68 bits per heavy atom. The Kier molecular flexibility index (Phi) is 5.59. The molecule has 1 fully saturated rings. The van der Waals surface area contributed by atoms with Gasteiger partial charge in [-0.3, -0.25) is 0 Å². The van der Waals surface area contributed by atoms with E-state index in [2.05, 4.69) is 4.72 Å². The van der Waals surface area contributed by atoms with Gasteiger partial charge in [-0.05, 0) is 29.9 Å². The molecule has 0 radical (unpaired) electrons. The van der Waals surface area contributed by atoms with Gasteiger partial charge in [-0.2, -0.15) is 0 Å². The van der Waals surface area contributed by atoms with Gasteiger partial charge in [0.2, 0.25) is 20.0 Å². The normalized spacial score (nSPS) is 17.6. The number of piperidine rings is 1. The summed E-state index contributed by atoms with van der Waals surface area (Å²) in [4.78, 5) is 0. The van der Waals surface area contributed by atoms with Crippen LogP contribution < -0.4 is 4.72 Å². The molecule has 1 saturated heterocycles. The highest BCUT2D eigenvalue weighted by Crippen LogP contribution is 2.21. The number of thiophene rings is 1. The predicted molar refractivity (Wildman–Crippen MR) is 98.3 cm³/mol. The molecule has 136 valence electrons. The van der Waals surface area contributed by atoms with Crippen LogP contribution in [0.3, 0.4) is 0 Å². The van der Waals surface area contributed by atoms with E-state index >= 15 is 0 Å². The van der Waals surface area contributed by atoms with Gasteiger partial charge in [0.05, 0.1) is 5.75 Å². The average Bonchev–Trinajstić information content (AvgIpc) is 3.11. The molecule has 0 aliphatic carbocycles. The molecule has 3 rings (SSSR count). The lowest BCUT2D eigenvalue weighted by atomic mass is 10.1. The molecule has 1 aromatic carbocycles. The van der Waals surface area contributed by atoms with Crippen molar-refractivity contribution in [2.75, 3.05) is 13.1 Å². The molecule has 9 heteroatoms. The summed E-state index contributed by atoms with van der Waals surface area (Å²) in [6.45, 7) is 0.652. The Labute approximate surface area is 152 Å². The van der Waals surface area contributed by atoms with Gasteiger partial charge in [-0.25, -0.2) is 25.9 Å². The Morgan fingerprint density at radius 3 is 2.28 bits per heavy atom. The van der Waals surface area contributed by atoms with Gasteiger partial charge >= 0.3 is 0 Å². The predicted octanol–water partition coefficient (Wildman–Crippen LogP) is 2.02. The van der Waals surface area contributed by atoms with Crippen molar-refractivity contribution in [2.45, 2.75) is 28.8 Å². The van der Waals surface area contributed by atoms with E-state index < -0.39 is 20.0 Å². The molecule has 1 N–H and O–H groups in total. The maximum absolute atomic E-state index is 12.5. The second-order valence-electron chi connectivity index (χ2n) is 5.97. The minimum Gasteiger partial charge on any atom is -0.212 e. The first-order valence-electron chi connectivity index (χ1n) is 7.94. The van der Waals surface area contributed by atoms with Crippen molar-refractivity contribution < 1.29 is 16.8 Å². The van der Waals surface area contributed by atoms with Gasteiger partial charge in [0.1, 0.15) is 4.21 Å². The van der Waals surface area contributed by atoms with Gasteiger partial charge in [0.25, 0.3) is 0 Å². The molecule has 2 aromatic rings. The number of hydrogen-bond donors (Lipinski definition) is 1. The summed E-state index contributed by atoms with van der Waals surface area (Å²) in [6, 6.07) is 12.1. The fraction of sp³-hybridized carbons (Fsp3) is 0.375. The second kappa shape index (κ2) is 7.55. The molecule has 0 bridgehead atoms. The minimum absolute atomic E-state index is 0.0283. The van der Waals surface area contributed by atoms with Crippen LogP contribution in [0.4, 0.5) is 0 Å². The molecule has 0 amide bonds. The monoisotopic (exact) mass is 400 g/mol. The molecule has 0 unspecified atom stereocenters. The summed E-state index contributed by atoms with van der Waals surface area (Å²) >= 11 is 1.17. The highest BCUT2D eigenvalue weighted by atomic mass is 32.2. The van der Waals surface area contributed by atoms with Crippen molar-refractivity contribution in [2.24, 2.45) is 0 Å². The number of benzene rings is 1. The molecular weight excluding hydrogens is 380 g/mol. The highest BCUT2D eigenvalue weighted by molar-refractivity contribution is 7.91. The van der Waals surface area contributed by atoms with Crippen molar-refractivity contribution in [1.29, 1.82) is 0 Å². The van der Waals surface area contributed by atoms with Gasteiger partial charge in [0, 0.05) is 19.1 Å². The lowest BCUT2D eigenvalue weighted by molar-refractivity contribution is 0.308. The van der Waals surface area contributed by atoms with Crippen LogP contribution in [0.15, 0.2) is 52.1 Å². The van der Waals surface area contributed by atoms with E-state index in [-0.39, 0.29) is 16.0 Å². The van der Waals surface area contributed by atoms with Crippen LogP contribution in [0.25, 0.3) is 0 Å². The molecule has 0 saturated carbocycles. The van der Waals surface area contributed by atoms with Crippen LogP contribution in [0.1, 0.15) is 18.4 Å². The molecule has 0 spiro atoms. The SMILES string of the molecule is O=S(=O)(NC1CCN(S(=O)(=O)Cc2ccccc2)CC1)c1cccs1. The van der Waals surface area contributed by atoms with E-state index in [4.69, 9.17) is 0 Å². The number of nitrogens with zero attached hydrogens (tertiary/aromatic N) is 1. The van der Waals surface area contributed by atoms with Crippen LogP contribution >= 0.6 is 11.3 Å². The van der Waals surface area contributed by atoms with Crippen molar-refractivity contribution in [3.05, 3.63) is 53.4 Å². The quantitative estimate of drug-likeness (QED) is 0.804. The van der Waals surface area contributed by atoms with Crippen molar-refractivity contribution in [3.63, 3.8) is 0 Å². The third-order valence-corrected chi connectivity index (χ3v) is 8.89. The smallest absolute Gasteiger partial charge is 0.212 e. The summed E-state index contributed by atoms with van der Waals surface area (Å²) in [5.74, 6) is -0.0283. The van der Waals surface area contributed by atoms with Crippen LogP contribution in [-0.4, -0.2) is 40.3 Å². The average molecular weight is 401 g/mol. The fourth-order valence-corrected chi connectivity index (χ4v) is 6.70. The summed E-state index contributed by atoms with van der Waals surface area (Å²) in [6.07, 6.45) is 0.942. The molecule has 1 aromatic heterocycles. The first-order valence-corrected chi connectivity index (χ1v) is 11.9. The van der Waals surface area contributed by atoms with Crippen molar-refractivity contribution in [3.8, 4) is 0 Å². The number of nitrogens with one attached hydrogen (secondary N) is 1. The molecule has 2 heterocycles. The zero-order chi connectivity index (χ0) is 17.9. The summed E-state index contributed by atoms with van der Waals surface area (Å²) < 4.78 is 54.0. The largest absolute Gasteiger partial charge is 0.250 e. The standard InChI is InChI=1S/C16H20N2O4S3/c19-24(20,13-14-5-2-1-3-6-14)18-10-8-15(9-11-18)17-25(21,22)16-7-4-12-23-16/h1-7,12,15,17H,8-11,13H2. The lowest BCUT2D eigenvalue weighted by Gasteiger charge is -2.31. The Bertz CT molecular complexity index is 886. The van der Waals surface area contributed by atoms with E-state index in [1.807, 2.05) is 18.2 Å². The Balaban J connectivity index is 1.58. The van der Waals surface area contributed by atoms with Crippen LogP contribution in [0.5, 0.6) is 0 Å². The molecule has 0 atom stereocenters. The summed E-state index contributed by atoms with van der Waals surface area (Å²) in [7, 11) is -6.91. The first kappa shape index (κ1) is 18.5. The summed E-state index contributed by atoms with van der Waals surface area (Å²) in [5.41, 5.74) is 0.753. The van der Waals surface area contributed by atoms with Gasteiger partial charge in [0.15, 0.2) is 0 Å². The molecule has 25 heavy (non-hydrogen) atoms. The van der Waals surface area contributed by atoms with E-state index in [1.54, 1.807) is 29.6 Å². The van der Waals surface area contributed by atoms with Crippen LogP contribution in [0, 0.1) is 0 Å². The zero-order valence-electron chi connectivity index (χ0n) is 13.5. The highest BCUT2D eigenvalue weighted by Gasteiger charge is 2.30. The molecular formula is C16H20N2O4S3. The fourth-order valence-electron chi connectivity index (χ4n) is 2.82. The number of sulfonamides is 2. The summed E-state index contributed by atoms with van der Waals surface area (Å²) in [5, 5.41) is 1.72.